The molecule has 1 aromatic carbocycles. The van der Waals surface area contributed by atoms with Gasteiger partial charge < -0.3 is 15.5 Å². The number of likely N-dealkylation sites (N-methyl/N-ethyl adjacent to an activating group) is 1. The van der Waals surface area contributed by atoms with Gasteiger partial charge in [0.25, 0.3) is 0 Å². The molecule has 1 heterocycles. The fourth-order valence-corrected chi connectivity index (χ4v) is 2.70. The first-order chi connectivity index (χ1) is 13.1. The van der Waals surface area contributed by atoms with E-state index in [1.807, 2.05) is 42.5 Å². The zero-order valence-electron chi connectivity index (χ0n) is 15.8. The van der Waals surface area contributed by atoms with E-state index < -0.39 is 0 Å². The van der Waals surface area contributed by atoms with Crippen LogP contribution < -0.4 is 10.6 Å². The predicted molar refractivity (Wildman–Crippen MR) is 110 cm³/mol. The van der Waals surface area contributed by atoms with Crippen molar-refractivity contribution in [2.45, 2.75) is 12.8 Å². The second kappa shape index (κ2) is 11.2. The van der Waals surface area contributed by atoms with E-state index >= 15 is 0 Å². The van der Waals surface area contributed by atoms with Crippen molar-refractivity contribution in [3.05, 3.63) is 64.9 Å². The van der Waals surface area contributed by atoms with Crippen molar-refractivity contribution in [1.29, 1.82) is 0 Å². The summed E-state index contributed by atoms with van der Waals surface area (Å²) >= 11 is 5.99. The minimum absolute atomic E-state index is 0.00345. The molecule has 0 fully saturated rings. The van der Waals surface area contributed by atoms with Crippen molar-refractivity contribution in [3.63, 3.8) is 0 Å². The number of rotatable bonds is 8. The molecular formula is C20H26ClN5O. The lowest BCUT2D eigenvalue weighted by Crippen LogP contribution is -2.44. The first-order valence-corrected chi connectivity index (χ1v) is 9.29. The molecule has 0 saturated carbocycles. The number of hydrogen-bond acceptors (Lipinski definition) is 3. The lowest BCUT2D eigenvalue weighted by Gasteiger charge is -2.18. The Morgan fingerprint density at radius 1 is 1.19 bits per heavy atom. The first-order valence-electron chi connectivity index (χ1n) is 8.91. The topological polar surface area (TPSA) is 69.6 Å². The number of nitrogens with one attached hydrogen (secondary N) is 2. The van der Waals surface area contributed by atoms with E-state index in [9.17, 15) is 4.79 Å². The zero-order valence-corrected chi connectivity index (χ0v) is 16.5. The van der Waals surface area contributed by atoms with Crippen LogP contribution in [-0.2, 0) is 17.6 Å². The second-order valence-corrected chi connectivity index (χ2v) is 6.56. The molecule has 1 aromatic heterocycles. The summed E-state index contributed by atoms with van der Waals surface area (Å²) < 4.78 is 0. The Hall–Kier alpha value is -2.60. The molecule has 6 nitrogen and oxygen atoms in total. The number of hydrogen-bond donors (Lipinski definition) is 2. The number of carbonyl (C=O) groups is 1. The van der Waals surface area contributed by atoms with Crippen LogP contribution in [0.2, 0.25) is 5.02 Å². The largest absolute Gasteiger partial charge is 0.356 e. The number of carbonyl (C=O) groups excluding carboxylic acids is 1. The van der Waals surface area contributed by atoms with E-state index in [-0.39, 0.29) is 12.5 Å². The highest BCUT2D eigenvalue weighted by atomic mass is 35.5. The molecule has 0 radical (unpaired) electrons. The van der Waals surface area contributed by atoms with Gasteiger partial charge in [0.2, 0.25) is 5.91 Å². The number of halogens is 1. The van der Waals surface area contributed by atoms with Gasteiger partial charge in [-0.15, -0.1) is 0 Å². The summed E-state index contributed by atoms with van der Waals surface area (Å²) in [5.74, 6) is 0.604. The second-order valence-electron chi connectivity index (χ2n) is 6.12. The summed E-state index contributed by atoms with van der Waals surface area (Å²) in [6.45, 7) is 1.51. The minimum atomic E-state index is 0.00345. The van der Waals surface area contributed by atoms with Gasteiger partial charge in [0, 0.05) is 50.5 Å². The van der Waals surface area contributed by atoms with Crippen LogP contribution >= 0.6 is 11.6 Å². The molecule has 2 rings (SSSR count). The van der Waals surface area contributed by atoms with Crippen LogP contribution in [0.25, 0.3) is 0 Å². The van der Waals surface area contributed by atoms with E-state index in [1.54, 1.807) is 25.2 Å². The van der Waals surface area contributed by atoms with Gasteiger partial charge in [-0.25, -0.2) is 0 Å². The summed E-state index contributed by atoms with van der Waals surface area (Å²) in [6.07, 6.45) is 3.31. The molecule has 0 unspecified atom stereocenters. The Kier molecular flexibility index (Phi) is 8.58. The van der Waals surface area contributed by atoms with Crippen LogP contribution in [0.15, 0.2) is 53.7 Å². The summed E-state index contributed by atoms with van der Waals surface area (Å²) in [5, 5.41) is 6.99. The van der Waals surface area contributed by atoms with Crippen molar-refractivity contribution < 1.29 is 4.79 Å². The third-order valence-corrected chi connectivity index (χ3v) is 4.32. The van der Waals surface area contributed by atoms with E-state index in [0.717, 1.165) is 29.1 Å². The third kappa shape index (κ3) is 7.66. The molecule has 144 valence electrons. The first kappa shape index (κ1) is 20.7. The molecule has 0 bridgehead atoms. The summed E-state index contributed by atoms with van der Waals surface area (Å²) in [6, 6.07) is 13.6. The van der Waals surface area contributed by atoms with Crippen molar-refractivity contribution >= 4 is 23.5 Å². The number of nitrogens with zero attached hydrogens (tertiary/aromatic N) is 3. The molecule has 0 spiro atoms. The van der Waals surface area contributed by atoms with Gasteiger partial charge in [0.15, 0.2) is 5.96 Å². The van der Waals surface area contributed by atoms with Crippen molar-refractivity contribution in [2.75, 3.05) is 33.7 Å². The summed E-state index contributed by atoms with van der Waals surface area (Å²) in [7, 11) is 3.48. The SMILES string of the molecule is CN=C(NCCc1cccc(Cl)c1)NCC(=O)N(C)CCc1ccccn1. The Balaban J connectivity index is 1.68. The number of benzene rings is 1. The Morgan fingerprint density at radius 3 is 2.74 bits per heavy atom. The Morgan fingerprint density at radius 2 is 2.04 bits per heavy atom. The maximum absolute atomic E-state index is 12.3. The van der Waals surface area contributed by atoms with Crippen LogP contribution in [0, 0.1) is 0 Å². The van der Waals surface area contributed by atoms with Gasteiger partial charge in [-0.1, -0.05) is 29.8 Å². The molecular weight excluding hydrogens is 362 g/mol. The van der Waals surface area contributed by atoms with E-state index in [0.29, 0.717) is 19.0 Å². The lowest BCUT2D eigenvalue weighted by atomic mass is 10.1. The van der Waals surface area contributed by atoms with Crippen LogP contribution in [-0.4, -0.2) is 55.5 Å². The van der Waals surface area contributed by atoms with Gasteiger partial charge in [-0.3, -0.25) is 14.8 Å². The number of aliphatic imine (C=N–C) groups is 1. The number of aromatic nitrogens is 1. The van der Waals surface area contributed by atoms with Crippen molar-refractivity contribution in [3.8, 4) is 0 Å². The molecule has 0 saturated heterocycles. The number of amides is 1. The Labute approximate surface area is 165 Å². The van der Waals surface area contributed by atoms with Crippen molar-refractivity contribution in [2.24, 2.45) is 4.99 Å². The summed E-state index contributed by atoms with van der Waals surface area (Å²) in [5.41, 5.74) is 2.12. The average Bonchev–Trinajstić information content (AvgIpc) is 2.69. The third-order valence-electron chi connectivity index (χ3n) is 4.08. The maximum Gasteiger partial charge on any atom is 0.241 e. The minimum Gasteiger partial charge on any atom is -0.356 e. The highest BCUT2D eigenvalue weighted by Gasteiger charge is 2.09. The quantitative estimate of drug-likeness (QED) is 0.538. The van der Waals surface area contributed by atoms with E-state index in [2.05, 4.69) is 20.6 Å². The molecule has 0 aliphatic heterocycles. The molecule has 27 heavy (non-hydrogen) atoms. The molecule has 2 aromatic rings. The molecule has 0 aliphatic rings. The monoisotopic (exact) mass is 387 g/mol. The Bertz CT molecular complexity index is 751. The van der Waals surface area contributed by atoms with Crippen LogP contribution in [0.3, 0.4) is 0 Å². The fourth-order valence-electron chi connectivity index (χ4n) is 2.49. The normalized spacial score (nSPS) is 11.1. The standard InChI is InChI=1S/C20H26ClN5O/c1-22-20(24-12-9-16-6-5-7-17(21)14-16)25-15-19(27)26(2)13-10-18-8-3-4-11-23-18/h3-8,11,14H,9-10,12-13,15H2,1-2H3,(H2,22,24,25). The highest BCUT2D eigenvalue weighted by Crippen LogP contribution is 2.10. The van der Waals surface area contributed by atoms with Gasteiger partial charge in [0.1, 0.15) is 0 Å². The molecule has 0 atom stereocenters. The van der Waals surface area contributed by atoms with Crippen molar-refractivity contribution in [1.82, 2.24) is 20.5 Å². The molecule has 1 amide bonds. The summed E-state index contributed by atoms with van der Waals surface area (Å²) in [4.78, 5) is 22.4. The molecule has 7 heteroatoms. The maximum atomic E-state index is 12.3. The van der Waals surface area contributed by atoms with Crippen LogP contribution in [0.4, 0.5) is 0 Å². The van der Waals surface area contributed by atoms with Gasteiger partial charge in [-0.05, 0) is 36.2 Å². The number of pyridine rings is 1. The highest BCUT2D eigenvalue weighted by molar-refractivity contribution is 6.30. The average molecular weight is 388 g/mol. The van der Waals surface area contributed by atoms with Crippen LogP contribution in [0.1, 0.15) is 11.3 Å². The fraction of sp³-hybridized carbons (Fsp3) is 0.350. The number of guanidine groups is 1. The predicted octanol–water partition coefficient (Wildman–Crippen LogP) is 2.14. The van der Waals surface area contributed by atoms with E-state index in [4.69, 9.17) is 11.6 Å². The van der Waals surface area contributed by atoms with Gasteiger partial charge in [0.05, 0.1) is 6.54 Å². The van der Waals surface area contributed by atoms with Crippen LogP contribution in [0.5, 0.6) is 0 Å². The zero-order chi connectivity index (χ0) is 19.5. The molecule has 0 aliphatic carbocycles. The van der Waals surface area contributed by atoms with Gasteiger partial charge in [-0.2, -0.15) is 0 Å². The van der Waals surface area contributed by atoms with E-state index in [1.165, 1.54) is 0 Å². The lowest BCUT2D eigenvalue weighted by molar-refractivity contribution is -0.128. The molecule has 2 N–H and O–H groups in total. The van der Waals surface area contributed by atoms with Gasteiger partial charge >= 0.3 is 0 Å². The smallest absolute Gasteiger partial charge is 0.241 e.